The molecule has 2 fully saturated rings. The third-order valence-corrected chi connectivity index (χ3v) is 7.32. The number of amides is 4. The highest BCUT2D eigenvalue weighted by Gasteiger charge is 2.36. The number of carbonyl (C=O) groups excluding carboxylic acids is 2. The minimum Gasteiger partial charge on any atom is -0.381 e. The second kappa shape index (κ2) is 13.3. The van der Waals surface area contributed by atoms with Crippen LogP contribution in [0.4, 0.5) is 9.59 Å². The fourth-order valence-corrected chi connectivity index (χ4v) is 4.77. The summed E-state index contributed by atoms with van der Waals surface area (Å²) < 4.78 is 11.6. The summed E-state index contributed by atoms with van der Waals surface area (Å²) >= 11 is 10.8. The van der Waals surface area contributed by atoms with Crippen LogP contribution in [-0.2, 0) is 9.47 Å². The van der Waals surface area contributed by atoms with Gasteiger partial charge < -0.3 is 19.3 Å². The molecule has 10 heteroatoms. The molecule has 0 bridgehead atoms. The van der Waals surface area contributed by atoms with Crippen LogP contribution in [0, 0.1) is 10.8 Å². The first-order valence-electron chi connectivity index (χ1n) is 12.7. The highest BCUT2D eigenvalue weighted by Crippen LogP contribution is 2.26. The third-order valence-electron chi connectivity index (χ3n) is 6.62. The summed E-state index contributed by atoms with van der Waals surface area (Å²) in [5.41, 5.74) is -0.141. The molecule has 2 aliphatic heterocycles. The van der Waals surface area contributed by atoms with Gasteiger partial charge in [-0.2, -0.15) is 0 Å². The van der Waals surface area contributed by atoms with Crippen LogP contribution in [-0.4, -0.2) is 107 Å². The first-order valence-corrected chi connectivity index (χ1v) is 13.6. The van der Waals surface area contributed by atoms with Gasteiger partial charge in [0.25, 0.3) is 0 Å². The van der Waals surface area contributed by atoms with Gasteiger partial charge in [0.15, 0.2) is 0 Å². The Morgan fingerprint density at radius 3 is 1.40 bits per heavy atom. The third kappa shape index (κ3) is 8.91. The largest absolute Gasteiger partial charge is 0.381 e. The van der Waals surface area contributed by atoms with Gasteiger partial charge in [-0.25, -0.2) is 9.59 Å². The molecule has 0 unspecified atom stereocenters. The molecule has 8 nitrogen and oxygen atoms in total. The van der Waals surface area contributed by atoms with Gasteiger partial charge >= 0.3 is 12.1 Å². The normalized spacial score (nSPS) is 17.5. The lowest BCUT2D eigenvalue weighted by Gasteiger charge is -2.30. The number of thiocarbonyl (C=S) groups is 2. The number of ether oxygens (including phenoxy) is 2. The molecule has 0 radical (unpaired) electrons. The predicted molar refractivity (Wildman–Crippen MR) is 147 cm³/mol. The minimum absolute atomic E-state index is 0.0180. The van der Waals surface area contributed by atoms with E-state index in [0.717, 1.165) is 19.3 Å². The van der Waals surface area contributed by atoms with E-state index < -0.39 is 0 Å². The zero-order valence-electron chi connectivity index (χ0n) is 22.4. The molecule has 2 rings (SSSR count). The second-order valence-electron chi connectivity index (χ2n) is 11.0. The summed E-state index contributed by atoms with van der Waals surface area (Å²) in [5, 5.41) is 0. The van der Waals surface area contributed by atoms with Crippen molar-refractivity contribution in [3.63, 3.8) is 0 Å². The number of likely N-dealkylation sites (N-methyl/N-ethyl adjacent to an activating group) is 2. The van der Waals surface area contributed by atoms with Crippen molar-refractivity contribution in [1.82, 2.24) is 19.6 Å². The Hall–Kier alpha value is -1.36. The van der Waals surface area contributed by atoms with E-state index in [1.165, 1.54) is 0 Å². The first kappa shape index (κ1) is 29.9. The van der Waals surface area contributed by atoms with Gasteiger partial charge in [-0.1, -0.05) is 52.1 Å². The Kier molecular flexibility index (Phi) is 11.3. The smallest absolute Gasteiger partial charge is 0.325 e. The van der Waals surface area contributed by atoms with Crippen molar-refractivity contribution in [3.05, 3.63) is 0 Å². The molecule has 200 valence electrons. The summed E-state index contributed by atoms with van der Waals surface area (Å²) in [7, 11) is 0. The number of carbonyl (C=O) groups is 2. The van der Waals surface area contributed by atoms with Gasteiger partial charge in [0.05, 0.1) is 13.1 Å². The van der Waals surface area contributed by atoms with Crippen LogP contribution >= 0.6 is 24.4 Å². The molecule has 0 aliphatic carbocycles. The zero-order chi connectivity index (χ0) is 26.2. The highest BCUT2D eigenvalue weighted by molar-refractivity contribution is 7.80. The predicted octanol–water partition coefficient (Wildman–Crippen LogP) is 4.41. The Morgan fingerprint density at radius 2 is 1.09 bits per heavy atom. The van der Waals surface area contributed by atoms with E-state index in [1.54, 1.807) is 19.6 Å². The summed E-state index contributed by atoms with van der Waals surface area (Å²) in [6, 6.07) is 0.0361. The number of rotatable bonds is 16. The van der Waals surface area contributed by atoms with E-state index in [9.17, 15) is 9.59 Å². The van der Waals surface area contributed by atoms with E-state index >= 15 is 0 Å². The lowest BCUT2D eigenvalue weighted by atomic mass is 9.89. The molecule has 4 amide bonds. The average molecular weight is 529 g/mol. The zero-order valence-corrected chi connectivity index (χ0v) is 24.1. The quantitative estimate of drug-likeness (QED) is 0.218. The lowest BCUT2D eigenvalue weighted by Crippen LogP contribution is -2.39. The Labute approximate surface area is 222 Å². The van der Waals surface area contributed by atoms with Crippen molar-refractivity contribution in [3.8, 4) is 0 Å². The SMILES string of the molecule is CCN1CC(=S)N(CC(C)(C)CCOCCCOCCC(C)(C)CN2C(=O)N(CC)CC2=S)C1=O. The molecule has 2 saturated heterocycles. The van der Waals surface area contributed by atoms with Crippen LogP contribution in [0.1, 0.15) is 60.8 Å². The van der Waals surface area contributed by atoms with Crippen molar-refractivity contribution < 1.29 is 19.1 Å². The maximum atomic E-state index is 12.4. The van der Waals surface area contributed by atoms with E-state index in [0.29, 0.717) is 75.7 Å². The molecule has 0 aromatic carbocycles. The molecule has 0 spiro atoms. The Morgan fingerprint density at radius 1 is 0.714 bits per heavy atom. The standard InChI is InChI=1S/C25H44N4O4S2/c1-7-26-16-20(34)28(22(26)30)18-24(3,4)10-14-32-12-9-13-33-15-11-25(5,6)19-29-21(35)17-27(8-2)23(29)31/h7-19H2,1-6H3. The minimum atomic E-state index is -0.0707. The summed E-state index contributed by atoms with van der Waals surface area (Å²) in [4.78, 5) is 33.3. The number of hydrogen-bond donors (Lipinski definition) is 0. The molecule has 2 heterocycles. The average Bonchev–Trinajstić information content (AvgIpc) is 3.21. The van der Waals surface area contributed by atoms with Crippen LogP contribution < -0.4 is 0 Å². The molecule has 0 atom stereocenters. The van der Waals surface area contributed by atoms with Crippen molar-refractivity contribution in [2.24, 2.45) is 10.8 Å². The summed E-state index contributed by atoms with van der Waals surface area (Å²) in [6.45, 7) is 18.8. The van der Waals surface area contributed by atoms with Crippen LogP contribution in [0.15, 0.2) is 0 Å². The van der Waals surface area contributed by atoms with Gasteiger partial charge in [-0.15, -0.1) is 0 Å². The summed E-state index contributed by atoms with van der Waals surface area (Å²) in [6.07, 6.45) is 2.54. The topological polar surface area (TPSA) is 65.6 Å². The summed E-state index contributed by atoms with van der Waals surface area (Å²) in [5.74, 6) is 0. The van der Waals surface area contributed by atoms with Crippen LogP contribution in [0.25, 0.3) is 0 Å². The first-order chi connectivity index (χ1) is 16.4. The molecular formula is C25H44N4O4S2. The van der Waals surface area contributed by atoms with Gasteiger partial charge in [-0.3, -0.25) is 9.80 Å². The maximum absolute atomic E-state index is 12.4. The van der Waals surface area contributed by atoms with E-state index in [-0.39, 0.29) is 22.9 Å². The Bertz CT molecular complexity index is 713. The molecule has 0 aromatic heterocycles. The molecule has 2 aliphatic rings. The molecule has 0 aromatic rings. The van der Waals surface area contributed by atoms with Crippen molar-refractivity contribution >= 4 is 46.5 Å². The van der Waals surface area contributed by atoms with Crippen LogP contribution in [0.5, 0.6) is 0 Å². The molecule has 0 N–H and O–H groups in total. The fraction of sp³-hybridized carbons (Fsp3) is 0.840. The lowest BCUT2D eigenvalue weighted by molar-refractivity contribution is 0.0576. The number of hydrogen-bond acceptors (Lipinski definition) is 6. The van der Waals surface area contributed by atoms with Crippen molar-refractivity contribution in [2.75, 3.05) is 65.7 Å². The van der Waals surface area contributed by atoms with Gasteiger partial charge in [0, 0.05) is 52.6 Å². The van der Waals surface area contributed by atoms with Crippen molar-refractivity contribution in [2.45, 2.75) is 60.8 Å². The van der Waals surface area contributed by atoms with E-state index in [4.69, 9.17) is 33.9 Å². The Balaban J connectivity index is 1.55. The van der Waals surface area contributed by atoms with Crippen LogP contribution in [0.3, 0.4) is 0 Å². The molecule has 35 heavy (non-hydrogen) atoms. The second-order valence-corrected chi connectivity index (χ2v) is 11.9. The van der Waals surface area contributed by atoms with Gasteiger partial charge in [0.2, 0.25) is 0 Å². The maximum Gasteiger partial charge on any atom is 0.325 e. The fourth-order valence-electron chi connectivity index (χ4n) is 4.17. The van der Waals surface area contributed by atoms with E-state index in [2.05, 4.69) is 27.7 Å². The monoisotopic (exact) mass is 528 g/mol. The molecule has 0 saturated carbocycles. The van der Waals surface area contributed by atoms with Gasteiger partial charge in [0.1, 0.15) is 9.98 Å². The van der Waals surface area contributed by atoms with E-state index in [1.807, 2.05) is 13.8 Å². The molecular weight excluding hydrogens is 484 g/mol. The van der Waals surface area contributed by atoms with Crippen molar-refractivity contribution in [1.29, 1.82) is 0 Å². The highest BCUT2D eigenvalue weighted by atomic mass is 32.1. The number of nitrogens with zero attached hydrogens (tertiary/aromatic N) is 4. The van der Waals surface area contributed by atoms with Gasteiger partial charge in [-0.05, 0) is 43.9 Å². The number of urea groups is 2. The van der Waals surface area contributed by atoms with Crippen LogP contribution in [0.2, 0.25) is 0 Å².